The third-order valence-corrected chi connectivity index (χ3v) is 3.20. The minimum Gasteiger partial charge on any atom is -0.363 e. The van der Waals surface area contributed by atoms with Crippen LogP contribution in [0.3, 0.4) is 0 Å². The van der Waals surface area contributed by atoms with Crippen molar-refractivity contribution in [3.05, 3.63) is 41.0 Å². The highest BCUT2D eigenvalue weighted by Crippen LogP contribution is 2.33. The first-order valence-corrected chi connectivity index (χ1v) is 6.02. The van der Waals surface area contributed by atoms with Crippen LogP contribution in [0.2, 0.25) is 0 Å². The number of benzene rings is 1. The van der Waals surface area contributed by atoms with Crippen molar-refractivity contribution in [2.24, 2.45) is 5.73 Å². The van der Waals surface area contributed by atoms with Crippen LogP contribution in [0.25, 0.3) is 0 Å². The summed E-state index contributed by atoms with van der Waals surface area (Å²) in [7, 11) is 0. The Morgan fingerprint density at radius 2 is 1.75 bits per heavy atom. The third-order valence-electron chi connectivity index (χ3n) is 3.20. The van der Waals surface area contributed by atoms with Gasteiger partial charge < -0.3 is 10.6 Å². The maximum atomic E-state index is 13.8. The minimum atomic E-state index is -4.38. The van der Waals surface area contributed by atoms with Crippen LogP contribution in [-0.4, -0.2) is 19.3 Å². The van der Waals surface area contributed by atoms with Gasteiger partial charge in [-0.2, -0.15) is 13.2 Å². The van der Waals surface area contributed by atoms with E-state index in [0.717, 1.165) is 18.2 Å². The van der Waals surface area contributed by atoms with Crippen molar-refractivity contribution in [3.8, 4) is 0 Å². The van der Waals surface area contributed by atoms with Crippen LogP contribution in [0, 0.1) is 11.6 Å². The zero-order valence-electron chi connectivity index (χ0n) is 10.5. The number of halogens is 5. The van der Waals surface area contributed by atoms with Gasteiger partial charge >= 0.3 is 6.18 Å². The number of rotatable bonds is 2. The second kappa shape index (κ2) is 5.40. The van der Waals surface area contributed by atoms with Crippen molar-refractivity contribution in [3.63, 3.8) is 0 Å². The maximum Gasteiger partial charge on any atom is 0.412 e. The lowest BCUT2D eigenvalue weighted by molar-refractivity contribution is -0.0944. The van der Waals surface area contributed by atoms with Gasteiger partial charge in [0.05, 0.1) is 0 Å². The van der Waals surface area contributed by atoms with Crippen molar-refractivity contribution < 1.29 is 22.0 Å². The quantitative estimate of drug-likeness (QED) is 0.670. The van der Waals surface area contributed by atoms with E-state index < -0.39 is 23.4 Å². The Kier molecular flexibility index (Phi) is 3.99. The lowest BCUT2D eigenvalue weighted by atomic mass is 10.1. The van der Waals surface area contributed by atoms with E-state index in [1.54, 1.807) is 0 Å². The summed E-state index contributed by atoms with van der Waals surface area (Å²) >= 11 is 0. The summed E-state index contributed by atoms with van der Waals surface area (Å²) in [6, 6.07) is 2.20. The second-order valence-corrected chi connectivity index (χ2v) is 4.54. The molecule has 1 aromatic carbocycles. The largest absolute Gasteiger partial charge is 0.412 e. The molecule has 2 rings (SSSR count). The lowest BCUT2D eigenvalue weighted by Crippen LogP contribution is -2.33. The summed E-state index contributed by atoms with van der Waals surface area (Å²) in [6.45, 7) is -0.266. The van der Waals surface area contributed by atoms with Gasteiger partial charge in [-0.15, -0.1) is 0 Å². The zero-order chi connectivity index (χ0) is 14.9. The Labute approximate surface area is 112 Å². The molecule has 110 valence electrons. The van der Waals surface area contributed by atoms with E-state index in [4.69, 9.17) is 5.73 Å². The van der Waals surface area contributed by atoms with Crippen LogP contribution < -0.4 is 10.6 Å². The molecule has 2 N–H and O–H groups in total. The van der Waals surface area contributed by atoms with Gasteiger partial charge in [0.15, 0.2) is 0 Å². The van der Waals surface area contributed by atoms with Crippen LogP contribution in [0.1, 0.15) is 12.0 Å². The number of alkyl halides is 3. The Bertz CT molecular complexity index is 513. The topological polar surface area (TPSA) is 29.3 Å². The first-order chi connectivity index (χ1) is 9.32. The predicted molar refractivity (Wildman–Crippen MR) is 65.2 cm³/mol. The highest BCUT2D eigenvalue weighted by Gasteiger charge is 2.35. The number of nitrogens with zero attached hydrogens (tertiary/aromatic N) is 1. The van der Waals surface area contributed by atoms with Gasteiger partial charge in [-0.1, -0.05) is 6.08 Å². The SMILES string of the molecule is NCc1cc(F)c(N2CC=C(C(F)(F)F)CC2)c(F)c1. The standard InChI is InChI=1S/C13H13F5N2/c14-10-5-8(7-19)6-11(15)12(10)20-3-1-9(2-4-20)13(16,17)18/h1,5-6H,2-4,7,19H2. The smallest absolute Gasteiger partial charge is 0.363 e. The fourth-order valence-corrected chi connectivity index (χ4v) is 2.17. The Hall–Kier alpha value is -1.63. The van der Waals surface area contributed by atoms with Crippen LogP contribution in [0.4, 0.5) is 27.6 Å². The molecule has 2 nitrogen and oxygen atoms in total. The molecule has 0 saturated carbocycles. The molecule has 0 unspecified atom stereocenters. The number of nitrogens with two attached hydrogens (primary N) is 1. The molecule has 0 fully saturated rings. The summed E-state index contributed by atoms with van der Waals surface area (Å²) in [5.41, 5.74) is 4.63. The highest BCUT2D eigenvalue weighted by atomic mass is 19.4. The van der Waals surface area contributed by atoms with Crippen molar-refractivity contribution in [1.82, 2.24) is 0 Å². The first kappa shape index (κ1) is 14.8. The van der Waals surface area contributed by atoms with E-state index >= 15 is 0 Å². The molecule has 20 heavy (non-hydrogen) atoms. The van der Waals surface area contributed by atoms with Gasteiger partial charge in [0.1, 0.15) is 17.3 Å². The number of anilines is 1. The summed E-state index contributed by atoms with van der Waals surface area (Å²) in [4.78, 5) is 1.25. The van der Waals surface area contributed by atoms with E-state index in [-0.39, 0.29) is 31.7 Å². The van der Waals surface area contributed by atoms with Gasteiger partial charge in [-0.25, -0.2) is 8.78 Å². The summed E-state index contributed by atoms with van der Waals surface area (Å²) in [5.74, 6) is -1.62. The van der Waals surface area contributed by atoms with Crippen LogP contribution in [-0.2, 0) is 6.54 Å². The normalized spacial score (nSPS) is 16.3. The molecule has 0 aliphatic carbocycles. The molecular formula is C13H13F5N2. The molecule has 0 spiro atoms. The van der Waals surface area contributed by atoms with Gasteiger partial charge in [0.25, 0.3) is 0 Å². The summed E-state index contributed by atoms with van der Waals surface area (Å²) < 4.78 is 65.1. The van der Waals surface area contributed by atoms with Crippen LogP contribution in [0.15, 0.2) is 23.8 Å². The molecular weight excluding hydrogens is 279 g/mol. The fourth-order valence-electron chi connectivity index (χ4n) is 2.17. The van der Waals surface area contributed by atoms with Gasteiger partial charge in [-0.3, -0.25) is 0 Å². The lowest BCUT2D eigenvalue weighted by Gasteiger charge is -2.29. The number of hydrogen-bond acceptors (Lipinski definition) is 2. The van der Waals surface area contributed by atoms with E-state index in [0.29, 0.717) is 5.56 Å². The first-order valence-electron chi connectivity index (χ1n) is 6.02. The van der Waals surface area contributed by atoms with Crippen molar-refractivity contribution >= 4 is 5.69 Å². The molecule has 0 radical (unpaired) electrons. The number of hydrogen-bond donors (Lipinski definition) is 1. The summed E-state index contributed by atoms with van der Waals surface area (Å²) in [5, 5.41) is 0. The van der Waals surface area contributed by atoms with E-state index in [1.807, 2.05) is 0 Å². The van der Waals surface area contributed by atoms with Crippen molar-refractivity contribution in [2.75, 3.05) is 18.0 Å². The molecule has 0 aromatic heterocycles. The Balaban J connectivity index is 2.25. The molecule has 1 aliphatic rings. The highest BCUT2D eigenvalue weighted by molar-refractivity contribution is 5.52. The second-order valence-electron chi connectivity index (χ2n) is 4.54. The van der Waals surface area contributed by atoms with Gasteiger partial charge in [0, 0.05) is 25.2 Å². The average molecular weight is 292 g/mol. The molecule has 0 amide bonds. The predicted octanol–water partition coefficient (Wildman–Crippen LogP) is 3.12. The Morgan fingerprint density at radius 3 is 2.15 bits per heavy atom. The van der Waals surface area contributed by atoms with Gasteiger partial charge in [0.2, 0.25) is 0 Å². The van der Waals surface area contributed by atoms with Crippen LogP contribution in [0.5, 0.6) is 0 Å². The average Bonchev–Trinajstić information content (AvgIpc) is 2.37. The van der Waals surface area contributed by atoms with Crippen molar-refractivity contribution in [1.29, 1.82) is 0 Å². The third kappa shape index (κ3) is 2.92. The monoisotopic (exact) mass is 292 g/mol. The van der Waals surface area contributed by atoms with Crippen molar-refractivity contribution in [2.45, 2.75) is 19.1 Å². The van der Waals surface area contributed by atoms with E-state index in [9.17, 15) is 22.0 Å². The summed E-state index contributed by atoms with van der Waals surface area (Å²) in [6.07, 6.45) is -3.72. The molecule has 1 aromatic rings. The molecule has 1 aliphatic heterocycles. The molecule has 1 heterocycles. The minimum absolute atomic E-state index is 0.00769. The molecule has 0 saturated heterocycles. The van der Waals surface area contributed by atoms with Crippen LogP contribution >= 0.6 is 0 Å². The van der Waals surface area contributed by atoms with E-state index in [2.05, 4.69) is 0 Å². The molecule has 0 bridgehead atoms. The Morgan fingerprint density at radius 1 is 1.15 bits per heavy atom. The molecule has 0 atom stereocenters. The van der Waals surface area contributed by atoms with E-state index in [1.165, 1.54) is 4.90 Å². The maximum absolute atomic E-state index is 13.8. The fraction of sp³-hybridized carbons (Fsp3) is 0.385. The zero-order valence-corrected chi connectivity index (χ0v) is 10.5. The molecule has 7 heteroatoms. The van der Waals surface area contributed by atoms with Gasteiger partial charge in [-0.05, 0) is 24.1 Å².